The summed E-state index contributed by atoms with van der Waals surface area (Å²) in [6, 6.07) is 16.0. The zero-order valence-electron chi connectivity index (χ0n) is 13.6. The van der Waals surface area contributed by atoms with Crippen LogP contribution in [0.5, 0.6) is 0 Å². The van der Waals surface area contributed by atoms with Crippen LogP contribution in [0.1, 0.15) is 20.7 Å². The maximum atomic E-state index is 13.9. The summed E-state index contributed by atoms with van der Waals surface area (Å²) in [6.45, 7) is -0.434. The summed E-state index contributed by atoms with van der Waals surface area (Å²) in [5, 5.41) is -1.24. The third-order valence-corrected chi connectivity index (χ3v) is 3.81. The number of aldehydes is 1. The molecule has 0 fully saturated rings. The summed E-state index contributed by atoms with van der Waals surface area (Å²) in [5.74, 6) is -1.49. The van der Waals surface area contributed by atoms with Crippen molar-refractivity contribution in [3.05, 3.63) is 71.8 Å². The lowest BCUT2D eigenvalue weighted by Crippen LogP contribution is -2.40. The largest absolute Gasteiger partial charge is 0.460 e. The van der Waals surface area contributed by atoms with Crippen LogP contribution in [0.25, 0.3) is 0 Å². The number of alkyl halides is 2. The molecule has 26 heavy (non-hydrogen) atoms. The quantitative estimate of drug-likeness (QED) is 0.401. The van der Waals surface area contributed by atoms with E-state index in [9.17, 15) is 18.8 Å². The fraction of sp³-hybridized carbons (Fsp3) is 0.211. The number of carbonyl (C=O) groups is 3. The first-order valence-corrected chi connectivity index (χ1v) is 8.18. The third-order valence-electron chi connectivity index (χ3n) is 3.44. The average Bonchev–Trinajstić information content (AvgIpc) is 2.70. The Morgan fingerprint density at radius 1 is 0.962 bits per heavy atom. The van der Waals surface area contributed by atoms with E-state index < -0.39 is 36.2 Å². The van der Waals surface area contributed by atoms with Gasteiger partial charge < -0.3 is 9.47 Å². The van der Waals surface area contributed by atoms with Crippen LogP contribution in [0, 0.1) is 0 Å². The Kier molecular flexibility index (Phi) is 7.29. The number of carbonyl (C=O) groups excluding carboxylic acids is 3. The van der Waals surface area contributed by atoms with Crippen LogP contribution >= 0.6 is 11.6 Å². The van der Waals surface area contributed by atoms with Gasteiger partial charge in [0.2, 0.25) is 0 Å². The molecule has 2 rings (SSSR count). The third kappa shape index (κ3) is 5.39. The van der Waals surface area contributed by atoms with E-state index >= 15 is 0 Å². The van der Waals surface area contributed by atoms with E-state index in [1.54, 1.807) is 48.5 Å². The molecule has 7 heteroatoms. The average molecular weight is 379 g/mol. The number of benzene rings is 2. The first-order valence-electron chi connectivity index (χ1n) is 7.74. The highest BCUT2D eigenvalue weighted by Crippen LogP contribution is 2.17. The van der Waals surface area contributed by atoms with Crippen molar-refractivity contribution in [1.29, 1.82) is 0 Å². The summed E-state index contributed by atoms with van der Waals surface area (Å²) in [5.41, 5.74) is 0.474. The molecule has 0 aliphatic rings. The van der Waals surface area contributed by atoms with Gasteiger partial charge in [-0.15, -0.1) is 11.6 Å². The van der Waals surface area contributed by atoms with Crippen molar-refractivity contribution in [2.45, 2.75) is 17.7 Å². The Morgan fingerprint density at radius 3 is 1.96 bits per heavy atom. The number of rotatable bonds is 8. The van der Waals surface area contributed by atoms with Gasteiger partial charge in [0.1, 0.15) is 12.0 Å². The topological polar surface area (TPSA) is 69.7 Å². The first kappa shape index (κ1) is 19.6. The van der Waals surface area contributed by atoms with E-state index in [1.165, 1.54) is 12.1 Å². The highest BCUT2D eigenvalue weighted by atomic mass is 35.5. The lowest BCUT2D eigenvalue weighted by molar-refractivity contribution is -0.116. The molecule has 5 nitrogen and oxygen atoms in total. The highest BCUT2D eigenvalue weighted by molar-refractivity contribution is 6.21. The van der Waals surface area contributed by atoms with Crippen LogP contribution in [0.2, 0.25) is 0 Å². The monoisotopic (exact) mass is 378 g/mol. The number of halogens is 2. The maximum Gasteiger partial charge on any atom is 0.338 e. The van der Waals surface area contributed by atoms with Gasteiger partial charge in [-0.25, -0.2) is 14.0 Å². The number of hydrogen-bond acceptors (Lipinski definition) is 5. The lowest BCUT2D eigenvalue weighted by Gasteiger charge is -2.23. The predicted octanol–water partition coefficient (Wildman–Crippen LogP) is 3.21. The molecule has 0 aromatic heterocycles. The number of hydrogen-bond donors (Lipinski definition) is 0. The molecule has 2 aromatic rings. The van der Waals surface area contributed by atoms with Crippen LogP contribution in [-0.2, 0) is 14.3 Å². The van der Waals surface area contributed by atoms with E-state index in [-0.39, 0.29) is 11.8 Å². The molecule has 0 aliphatic heterocycles. The fourth-order valence-electron chi connectivity index (χ4n) is 2.09. The molecule has 2 aromatic carbocycles. The van der Waals surface area contributed by atoms with Crippen molar-refractivity contribution in [2.24, 2.45) is 0 Å². The summed E-state index contributed by atoms with van der Waals surface area (Å²) < 4.78 is 23.9. The van der Waals surface area contributed by atoms with Gasteiger partial charge in [-0.2, -0.15) is 0 Å². The molecule has 0 saturated heterocycles. The van der Waals surface area contributed by atoms with Gasteiger partial charge in [0.25, 0.3) is 0 Å². The Bertz CT molecular complexity index is 738. The fourth-order valence-corrected chi connectivity index (χ4v) is 2.34. The molecule has 0 amide bonds. The van der Waals surface area contributed by atoms with Gasteiger partial charge >= 0.3 is 11.9 Å². The van der Waals surface area contributed by atoms with Crippen LogP contribution in [0.15, 0.2) is 60.7 Å². The van der Waals surface area contributed by atoms with Gasteiger partial charge in [-0.3, -0.25) is 4.79 Å². The molecular formula is C19H16ClFO5. The van der Waals surface area contributed by atoms with Gasteiger partial charge in [-0.1, -0.05) is 36.4 Å². The normalized spacial score (nSPS) is 13.9. The lowest BCUT2D eigenvalue weighted by atomic mass is 10.1. The van der Waals surface area contributed by atoms with E-state index in [0.29, 0.717) is 5.56 Å². The molecule has 0 radical (unpaired) electrons. The smallest absolute Gasteiger partial charge is 0.338 e. The van der Waals surface area contributed by atoms with Crippen molar-refractivity contribution < 1.29 is 28.2 Å². The van der Waals surface area contributed by atoms with Crippen molar-refractivity contribution in [3.63, 3.8) is 0 Å². The molecule has 0 spiro atoms. The minimum absolute atomic E-state index is 0.0165. The zero-order valence-corrected chi connectivity index (χ0v) is 14.3. The molecule has 3 atom stereocenters. The van der Waals surface area contributed by atoms with E-state index in [0.717, 1.165) is 0 Å². The van der Waals surface area contributed by atoms with Crippen molar-refractivity contribution in [3.8, 4) is 0 Å². The van der Waals surface area contributed by atoms with Gasteiger partial charge in [0.15, 0.2) is 18.6 Å². The second-order valence-electron chi connectivity index (χ2n) is 5.30. The van der Waals surface area contributed by atoms with E-state index in [4.69, 9.17) is 21.1 Å². The molecule has 0 aliphatic carbocycles. The van der Waals surface area contributed by atoms with E-state index in [2.05, 4.69) is 0 Å². The predicted molar refractivity (Wildman–Crippen MR) is 93.0 cm³/mol. The molecule has 0 bridgehead atoms. The summed E-state index contributed by atoms with van der Waals surface area (Å²) in [7, 11) is 0. The summed E-state index contributed by atoms with van der Waals surface area (Å²) >= 11 is 6.03. The highest BCUT2D eigenvalue weighted by Gasteiger charge is 2.33. The SMILES string of the molecule is O=C[C@@H](F)C(OC(=O)c1ccccc1)[C@@H](Cl)COC(=O)c1ccccc1. The number of ether oxygens (including phenoxy) is 2. The maximum absolute atomic E-state index is 13.9. The second kappa shape index (κ2) is 9.68. The Morgan fingerprint density at radius 2 is 1.46 bits per heavy atom. The van der Waals surface area contributed by atoms with Crippen LogP contribution in [-0.4, -0.2) is 42.5 Å². The molecule has 0 saturated carbocycles. The van der Waals surface area contributed by atoms with Crippen molar-refractivity contribution in [2.75, 3.05) is 6.61 Å². The Labute approximate surface area is 154 Å². The van der Waals surface area contributed by atoms with Crippen molar-refractivity contribution >= 4 is 29.8 Å². The zero-order chi connectivity index (χ0) is 18.9. The minimum atomic E-state index is -2.15. The molecule has 0 heterocycles. The van der Waals surface area contributed by atoms with Crippen LogP contribution in [0.3, 0.4) is 0 Å². The van der Waals surface area contributed by atoms with Gasteiger partial charge in [-0.05, 0) is 24.3 Å². The molecular weight excluding hydrogens is 363 g/mol. The van der Waals surface area contributed by atoms with E-state index in [1.807, 2.05) is 0 Å². The second-order valence-corrected chi connectivity index (χ2v) is 5.86. The number of esters is 2. The Balaban J connectivity index is 2.00. The van der Waals surface area contributed by atoms with Gasteiger partial charge in [0.05, 0.1) is 11.1 Å². The van der Waals surface area contributed by atoms with Crippen molar-refractivity contribution in [1.82, 2.24) is 0 Å². The van der Waals surface area contributed by atoms with Crippen LogP contribution in [0.4, 0.5) is 4.39 Å². The first-order chi connectivity index (χ1) is 12.5. The molecule has 1 unspecified atom stereocenters. The standard InChI is InChI=1S/C19H16ClFO5/c20-15(12-25-18(23)13-7-3-1-4-8-13)17(16(21)11-22)26-19(24)14-9-5-2-6-10-14/h1-11,15-17H,12H2/t15-,16+,17?/m0/s1. The Hall–Kier alpha value is -2.73. The van der Waals surface area contributed by atoms with Crippen LogP contribution < -0.4 is 0 Å². The minimum Gasteiger partial charge on any atom is -0.460 e. The molecule has 136 valence electrons. The molecule has 0 N–H and O–H groups in total. The van der Waals surface area contributed by atoms with Gasteiger partial charge in [0, 0.05) is 0 Å². The summed E-state index contributed by atoms with van der Waals surface area (Å²) in [4.78, 5) is 34.8. The summed E-state index contributed by atoms with van der Waals surface area (Å²) in [6.07, 6.45) is -3.76.